The average Bonchev–Trinajstić information content (AvgIpc) is 3.33. The first-order chi connectivity index (χ1) is 13.2. The zero-order valence-electron chi connectivity index (χ0n) is 16.0. The van der Waals surface area contributed by atoms with Gasteiger partial charge >= 0.3 is 0 Å². The lowest BCUT2D eigenvalue weighted by Crippen LogP contribution is -2.38. The second kappa shape index (κ2) is 8.17. The third-order valence-corrected chi connectivity index (χ3v) is 5.77. The average molecular weight is 368 g/mol. The fourth-order valence-electron chi connectivity index (χ4n) is 4.13. The van der Waals surface area contributed by atoms with Crippen LogP contribution in [0.25, 0.3) is 11.3 Å². The number of rotatable bonds is 6. The quantitative estimate of drug-likeness (QED) is 0.778. The van der Waals surface area contributed by atoms with Crippen molar-refractivity contribution in [2.24, 2.45) is 5.92 Å². The van der Waals surface area contributed by atoms with Gasteiger partial charge in [-0.1, -0.05) is 0 Å². The Morgan fingerprint density at radius 3 is 2.52 bits per heavy atom. The molecule has 0 unspecified atom stereocenters. The molecule has 2 aromatic rings. The highest BCUT2D eigenvalue weighted by atomic mass is 16.5. The van der Waals surface area contributed by atoms with Crippen LogP contribution in [0, 0.1) is 5.92 Å². The summed E-state index contributed by atoms with van der Waals surface area (Å²) in [5.74, 6) is 3.75. The van der Waals surface area contributed by atoms with Crippen molar-refractivity contribution in [3.8, 4) is 17.1 Å². The van der Waals surface area contributed by atoms with Gasteiger partial charge in [-0.05, 0) is 74.7 Å². The van der Waals surface area contributed by atoms with E-state index in [-0.39, 0.29) is 0 Å². The Morgan fingerprint density at radius 2 is 1.85 bits per heavy atom. The summed E-state index contributed by atoms with van der Waals surface area (Å²) < 4.78 is 11.3. The van der Waals surface area contributed by atoms with Crippen LogP contribution in [0.1, 0.15) is 31.4 Å². The molecule has 0 radical (unpaired) electrons. The maximum Gasteiger partial charge on any atom is 0.222 e. The number of hydrogen-bond acceptors (Lipinski definition) is 4. The predicted molar refractivity (Wildman–Crippen MR) is 105 cm³/mol. The molecule has 2 saturated heterocycles. The molecule has 27 heavy (non-hydrogen) atoms. The SMILES string of the molecule is COc1ccc(-c2ccc(CN3CCC(CN4CCCC4=O)CC3)o2)cc1. The second-order valence-corrected chi connectivity index (χ2v) is 7.66. The fourth-order valence-corrected chi connectivity index (χ4v) is 4.13. The van der Waals surface area contributed by atoms with E-state index >= 15 is 0 Å². The van der Waals surface area contributed by atoms with Gasteiger partial charge in [-0.2, -0.15) is 0 Å². The van der Waals surface area contributed by atoms with E-state index in [4.69, 9.17) is 9.15 Å². The van der Waals surface area contributed by atoms with E-state index in [0.717, 1.165) is 81.2 Å². The van der Waals surface area contributed by atoms with Crippen LogP contribution in [0.2, 0.25) is 0 Å². The number of piperidine rings is 1. The molecule has 0 saturated carbocycles. The van der Waals surface area contributed by atoms with Crippen molar-refractivity contribution in [1.82, 2.24) is 9.80 Å². The maximum absolute atomic E-state index is 11.8. The van der Waals surface area contributed by atoms with Crippen LogP contribution in [-0.2, 0) is 11.3 Å². The molecule has 0 atom stereocenters. The van der Waals surface area contributed by atoms with Gasteiger partial charge in [-0.3, -0.25) is 9.69 Å². The number of furan rings is 1. The highest BCUT2D eigenvalue weighted by Crippen LogP contribution is 2.27. The van der Waals surface area contributed by atoms with Gasteiger partial charge in [0, 0.05) is 25.1 Å². The number of amides is 1. The van der Waals surface area contributed by atoms with E-state index in [0.29, 0.717) is 11.8 Å². The van der Waals surface area contributed by atoms with Crippen molar-refractivity contribution in [3.63, 3.8) is 0 Å². The van der Waals surface area contributed by atoms with Gasteiger partial charge in [0.05, 0.1) is 13.7 Å². The Kier molecular flexibility index (Phi) is 5.48. The highest BCUT2D eigenvalue weighted by molar-refractivity contribution is 5.78. The van der Waals surface area contributed by atoms with Crippen LogP contribution in [-0.4, -0.2) is 49.0 Å². The summed E-state index contributed by atoms with van der Waals surface area (Å²) in [6.45, 7) is 4.91. The number of nitrogens with zero attached hydrogens (tertiary/aromatic N) is 2. The lowest BCUT2D eigenvalue weighted by atomic mass is 9.96. The number of benzene rings is 1. The Morgan fingerprint density at radius 1 is 1.07 bits per heavy atom. The third-order valence-electron chi connectivity index (χ3n) is 5.77. The predicted octanol–water partition coefficient (Wildman–Crippen LogP) is 3.79. The molecule has 0 bridgehead atoms. The summed E-state index contributed by atoms with van der Waals surface area (Å²) >= 11 is 0. The summed E-state index contributed by atoms with van der Waals surface area (Å²) in [5, 5.41) is 0. The van der Waals surface area contributed by atoms with Crippen LogP contribution in [0.3, 0.4) is 0 Å². The first kappa shape index (κ1) is 18.1. The summed E-state index contributed by atoms with van der Waals surface area (Å²) in [4.78, 5) is 16.3. The molecule has 2 fully saturated rings. The zero-order valence-corrected chi connectivity index (χ0v) is 16.0. The number of ether oxygens (including phenoxy) is 1. The normalized spacial score (nSPS) is 19.0. The summed E-state index contributed by atoms with van der Waals surface area (Å²) in [6, 6.07) is 12.1. The van der Waals surface area contributed by atoms with Gasteiger partial charge < -0.3 is 14.1 Å². The van der Waals surface area contributed by atoms with E-state index in [2.05, 4.69) is 15.9 Å². The molecule has 5 nitrogen and oxygen atoms in total. The minimum atomic E-state index is 0.346. The van der Waals surface area contributed by atoms with Crippen LogP contribution < -0.4 is 4.74 Å². The largest absolute Gasteiger partial charge is 0.497 e. The zero-order chi connectivity index (χ0) is 18.6. The Balaban J connectivity index is 1.28. The molecule has 0 N–H and O–H groups in total. The number of methoxy groups -OCH3 is 1. The molecule has 4 rings (SSSR count). The Bertz CT molecular complexity index is 760. The minimum absolute atomic E-state index is 0.346. The van der Waals surface area contributed by atoms with Gasteiger partial charge in [-0.25, -0.2) is 0 Å². The molecule has 2 aliphatic rings. The molecule has 5 heteroatoms. The first-order valence-corrected chi connectivity index (χ1v) is 9.94. The van der Waals surface area contributed by atoms with Crippen molar-refractivity contribution in [3.05, 3.63) is 42.2 Å². The molecule has 2 aliphatic heterocycles. The van der Waals surface area contributed by atoms with Crippen LogP contribution >= 0.6 is 0 Å². The van der Waals surface area contributed by atoms with E-state index in [1.165, 1.54) is 0 Å². The van der Waals surface area contributed by atoms with Crippen LogP contribution in [0.5, 0.6) is 5.75 Å². The van der Waals surface area contributed by atoms with Gasteiger partial charge in [0.25, 0.3) is 0 Å². The second-order valence-electron chi connectivity index (χ2n) is 7.66. The van der Waals surface area contributed by atoms with Crippen molar-refractivity contribution >= 4 is 5.91 Å². The lowest BCUT2D eigenvalue weighted by Gasteiger charge is -2.33. The molecular formula is C22H28N2O3. The minimum Gasteiger partial charge on any atom is -0.497 e. The van der Waals surface area contributed by atoms with Gasteiger partial charge in [-0.15, -0.1) is 0 Å². The monoisotopic (exact) mass is 368 g/mol. The topological polar surface area (TPSA) is 45.9 Å². The van der Waals surface area contributed by atoms with E-state index in [1.807, 2.05) is 30.3 Å². The number of carbonyl (C=O) groups excluding carboxylic acids is 1. The van der Waals surface area contributed by atoms with Crippen molar-refractivity contribution in [1.29, 1.82) is 0 Å². The van der Waals surface area contributed by atoms with Crippen molar-refractivity contribution in [2.75, 3.05) is 33.3 Å². The smallest absolute Gasteiger partial charge is 0.222 e. The standard InChI is InChI=1S/C22H28N2O3/c1-26-19-6-4-18(5-7-19)21-9-8-20(27-21)16-23-13-10-17(11-14-23)15-24-12-2-3-22(24)25/h4-9,17H,2-3,10-16H2,1H3. The summed E-state index contributed by atoms with van der Waals surface area (Å²) in [5.41, 5.74) is 1.07. The van der Waals surface area contributed by atoms with Gasteiger partial charge in [0.2, 0.25) is 5.91 Å². The molecule has 144 valence electrons. The van der Waals surface area contributed by atoms with E-state index < -0.39 is 0 Å². The first-order valence-electron chi connectivity index (χ1n) is 9.94. The number of carbonyl (C=O) groups is 1. The van der Waals surface area contributed by atoms with E-state index in [9.17, 15) is 4.79 Å². The summed E-state index contributed by atoms with van der Waals surface area (Å²) in [7, 11) is 1.67. The van der Waals surface area contributed by atoms with Crippen LogP contribution in [0.4, 0.5) is 0 Å². The molecule has 1 aromatic carbocycles. The number of likely N-dealkylation sites (tertiary alicyclic amines) is 2. The molecule has 1 aromatic heterocycles. The van der Waals surface area contributed by atoms with Gasteiger partial charge in [0.1, 0.15) is 17.3 Å². The molecule has 0 aliphatic carbocycles. The van der Waals surface area contributed by atoms with E-state index in [1.54, 1.807) is 7.11 Å². The van der Waals surface area contributed by atoms with Crippen molar-refractivity contribution in [2.45, 2.75) is 32.2 Å². The molecule has 3 heterocycles. The van der Waals surface area contributed by atoms with Gasteiger partial charge in [0.15, 0.2) is 0 Å². The molecule has 1 amide bonds. The van der Waals surface area contributed by atoms with Crippen molar-refractivity contribution < 1.29 is 13.9 Å². The third kappa shape index (κ3) is 4.35. The Hall–Kier alpha value is -2.27. The maximum atomic E-state index is 11.8. The highest BCUT2D eigenvalue weighted by Gasteiger charge is 2.26. The summed E-state index contributed by atoms with van der Waals surface area (Å²) in [6.07, 6.45) is 4.10. The fraction of sp³-hybridized carbons (Fsp3) is 0.500. The molecular weight excluding hydrogens is 340 g/mol. The Labute approximate surface area is 160 Å². The van der Waals surface area contributed by atoms with Crippen LogP contribution in [0.15, 0.2) is 40.8 Å². The number of hydrogen-bond donors (Lipinski definition) is 0. The lowest BCUT2D eigenvalue weighted by molar-refractivity contribution is -0.128. The molecule has 0 spiro atoms.